The number of urea groups is 1. The van der Waals surface area contributed by atoms with Gasteiger partial charge in [-0.1, -0.05) is 18.2 Å². The molecule has 2 amide bonds. The fourth-order valence-electron chi connectivity index (χ4n) is 3.81. The predicted molar refractivity (Wildman–Crippen MR) is 102 cm³/mol. The number of amides is 2. The van der Waals surface area contributed by atoms with E-state index in [4.69, 9.17) is 9.47 Å². The Labute approximate surface area is 156 Å². The van der Waals surface area contributed by atoms with Crippen molar-refractivity contribution in [3.8, 4) is 0 Å². The summed E-state index contributed by atoms with van der Waals surface area (Å²) in [6, 6.07) is 7.88. The van der Waals surface area contributed by atoms with Crippen LogP contribution >= 0.6 is 0 Å². The number of carbonyl (C=O) groups excluding carboxylic acids is 1. The molecule has 2 aliphatic rings. The van der Waals surface area contributed by atoms with Crippen LogP contribution in [0.3, 0.4) is 0 Å². The smallest absolute Gasteiger partial charge is 0.319 e. The Kier molecular flexibility index (Phi) is 6.16. The molecule has 144 valence electrons. The maximum atomic E-state index is 12.5. The molecule has 1 aromatic carbocycles. The molecule has 2 saturated heterocycles. The van der Waals surface area contributed by atoms with Gasteiger partial charge < -0.3 is 20.1 Å². The number of nitrogens with one attached hydrogen (secondary N) is 2. The van der Waals surface area contributed by atoms with Crippen molar-refractivity contribution in [1.82, 2.24) is 10.2 Å². The average molecular weight is 361 g/mol. The van der Waals surface area contributed by atoms with E-state index in [9.17, 15) is 4.79 Å². The molecule has 2 atom stereocenters. The Hall–Kier alpha value is -1.63. The van der Waals surface area contributed by atoms with E-state index >= 15 is 0 Å². The Morgan fingerprint density at radius 2 is 1.85 bits per heavy atom. The van der Waals surface area contributed by atoms with Crippen LogP contribution in [0.2, 0.25) is 0 Å². The van der Waals surface area contributed by atoms with E-state index in [-0.39, 0.29) is 23.8 Å². The van der Waals surface area contributed by atoms with Gasteiger partial charge in [0.25, 0.3) is 0 Å². The first-order valence-corrected chi connectivity index (χ1v) is 9.56. The minimum atomic E-state index is -0.202. The molecular formula is C20H31N3O3. The largest absolute Gasteiger partial charge is 0.381 e. The number of benzene rings is 1. The number of rotatable bonds is 4. The molecule has 0 aromatic heterocycles. The maximum absolute atomic E-state index is 12.5. The Morgan fingerprint density at radius 3 is 2.54 bits per heavy atom. The molecule has 1 aromatic rings. The highest BCUT2D eigenvalue weighted by molar-refractivity contribution is 5.90. The summed E-state index contributed by atoms with van der Waals surface area (Å²) >= 11 is 0. The third-order valence-corrected chi connectivity index (χ3v) is 5.17. The van der Waals surface area contributed by atoms with Gasteiger partial charge in [-0.15, -0.1) is 0 Å². The van der Waals surface area contributed by atoms with E-state index in [1.54, 1.807) is 0 Å². The van der Waals surface area contributed by atoms with Crippen molar-refractivity contribution < 1.29 is 14.3 Å². The van der Waals surface area contributed by atoms with Crippen molar-refractivity contribution in [1.29, 1.82) is 0 Å². The van der Waals surface area contributed by atoms with Gasteiger partial charge in [0.05, 0.1) is 12.2 Å². The second kappa shape index (κ2) is 8.37. The van der Waals surface area contributed by atoms with Crippen LogP contribution in [0.4, 0.5) is 10.5 Å². The van der Waals surface area contributed by atoms with E-state index in [1.807, 2.05) is 18.2 Å². The average Bonchev–Trinajstić information content (AvgIpc) is 2.56. The maximum Gasteiger partial charge on any atom is 0.319 e. The van der Waals surface area contributed by atoms with Gasteiger partial charge in [0.1, 0.15) is 0 Å². The molecule has 0 unspecified atom stereocenters. The lowest BCUT2D eigenvalue weighted by molar-refractivity contribution is -0.0704. The minimum Gasteiger partial charge on any atom is -0.381 e. The van der Waals surface area contributed by atoms with Crippen molar-refractivity contribution in [2.24, 2.45) is 0 Å². The van der Waals surface area contributed by atoms with Crippen LogP contribution in [0.25, 0.3) is 0 Å². The zero-order valence-corrected chi connectivity index (χ0v) is 16.1. The van der Waals surface area contributed by atoms with Gasteiger partial charge in [0.2, 0.25) is 0 Å². The van der Waals surface area contributed by atoms with Crippen molar-refractivity contribution >= 4 is 11.7 Å². The van der Waals surface area contributed by atoms with Crippen LogP contribution in [-0.4, -0.2) is 55.0 Å². The third-order valence-electron chi connectivity index (χ3n) is 5.17. The first-order valence-electron chi connectivity index (χ1n) is 9.56. The monoisotopic (exact) mass is 361 g/mol. The van der Waals surface area contributed by atoms with Gasteiger partial charge in [0.15, 0.2) is 0 Å². The molecule has 2 N–H and O–H groups in total. The first kappa shape index (κ1) is 19.1. The highest BCUT2D eigenvalue weighted by Crippen LogP contribution is 2.22. The van der Waals surface area contributed by atoms with Gasteiger partial charge >= 0.3 is 6.03 Å². The SMILES string of the molecule is C[C@@H]1CN(Cc2ccccc2NC(=O)NC2(C)CCOCC2)C[C@H](C)O1. The number of carbonyl (C=O) groups is 1. The molecule has 0 aliphatic carbocycles. The number of ether oxygens (including phenoxy) is 2. The number of para-hydroxylation sites is 1. The van der Waals surface area contributed by atoms with Crippen LogP contribution in [0.1, 0.15) is 39.2 Å². The third kappa shape index (κ3) is 5.19. The summed E-state index contributed by atoms with van der Waals surface area (Å²) in [5, 5.41) is 6.17. The van der Waals surface area contributed by atoms with Gasteiger partial charge in [-0.3, -0.25) is 4.90 Å². The molecular weight excluding hydrogens is 330 g/mol. The fourth-order valence-corrected chi connectivity index (χ4v) is 3.81. The lowest BCUT2D eigenvalue weighted by Gasteiger charge is -2.36. The highest BCUT2D eigenvalue weighted by atomic mass is 16.5. The summed E-state index contributed by atoms with van der Waals surface area (Å²) in [5.41, 5.74) is 1.79. The first-order chi connectivity index (χ1) is 12.4. The second-order valence-electron chi connectivity index (χ2n) is 7.86. The normalized spacial score (nSPS) is 26.3. The van der Waals surface area contributed by atoms with Crippen LogP contribution in [-0.2, 0) is 16.0 Å². The molecule has 26 heavy (non-hydrogen) atoms. The quantitative estimate of drug-likeness (QED) is 0.865. The molecule has 2 heterocycles. The molecule has 3 rings (SSSR count). The Morgan fingerprint density at radius 1 is 1.19 bits per heavy atom. The van der Waals surface area contributed by atoms with E-state index in [1.165, 1.54) is 0 Å². The van der Waals surface area contributed by atoms with Crippen LogP contribution < -0.4 is 10.6 Å². The molecule has 0 saturated carbocycles. The molecule has 6 heteroatoms. The topological polar surface area (TPSA) is 62.8 Å². The number of hydrogen-bond acceptors (Lipinski definition) is 4. The Bertz CT molecular complexity index is 606. The number of hydrogen-bond donors (Lipinski definition) is 2. The summed E-state index contributed by atoms with van der Waals surface area (Å²) in [6.45, 7) is 10.3. The lowest BCUT2D eigenvalue weighted by Crippen LogP contribution is -2.51. The van der Waals surface area contributed by atoms with Crippen LogP contribution in [0.15, 0.2) is 24.3 Å². The molecule has 2 aliphatic heterocycles. The molecule has 0 spiro atoms. The molecule has 0 radical (unpaired) electrons. The fraction of sp³-hybridized carbons (Fsp3) is 0.650. The summed E-state index contributed by atoms with van der Waals surface area (Å²) in [6.07, 6.45) is 2.14. The van der Waals surface area contributed by atoms with Crippen LogP contribution in [0, 0.1) is 0 Å². The number of anilines is 1. The van der Waals surface area contributed by atoms with Crippen LogP contribution in [0.5, 0.6) is 0 Å². The highest BCUT2D eigenvalue weighted by Gasteiger charge is 2.29. The standard InChI is InChI=1S/C20H31N3O3/c1-15-12-23(13-16(2)26-15)14-17-6-4-5-7-18(17)21-19(24)22-20(3)8-10-25-11-9-20/h4-7,15-16H,8-14H2,1-3H3,(H2,21,22,24)/t15-,16+. The van der Waals surface area contributed by atoms with E-state index in [2.05, 4.69) is 42.4 Å². The summed E-state index contributed by atoms with van der Waals surface area (Å²) in [7, 11) is 0. The van der Waals surface area contributed by atoms with Crippen molar-refractivity contribution in [3.05, 3.63) is 29.8 Å². The second-order valence-corrected chi connectivity index (χ2v) is 7.86. The Balaban J connectivity index is 1.62. The van der Waals surface area contributed by atoms with Crippen molar-refractivity contribution in [2.45, 2.75) is 57.9 Å². The van der Waals surface area contributed by atoms with E-state index in [0.29, 0.717) is 13.2 Å². The molecule has 0 bridgehead atoms. The molecule has 2 fully saturated rings. The summed E-state index contributed by atoms with van der Waals surface area (Å²) < 4.78 is 11.2. The zero-order valence-electron chi connectivity index (χ0n) is 16.1. The van der Waals surface area contributed by atoms with Gasteiger partial charge in [-0.05, 0) is 45.2 Å². The van der Waals surface area contributed by atoms with Crippen molar-refractivity contribution in [2.75, 3.05) is 31.6 Å². The van der Waals surface area contributed by atoms with Gasteiger partial charge in [0, 0.05) is 44.1 Å². The number of morpholine rings is 1. The lowest BCUT2D eigenvalue weighted by atomic mass is 9.93. The summed E-state index contributed by atoms with van der Waals surface area (Å²) in [5.74, 6) is 0. The minimum absolute atomic E-state index is 0.148. The van der Waals surface area contributed by atoms with E-state index in [0.717, 1.165) is 43.7 Å². The summed E-state index contributed by atoms with van der Waals surface area (Å²) in [4.78, 5) is 14.9. The van der Waals surface area contributed by atoms with Gasteiger partial charge in [-0.2, -0.15) is 0 Å². The predicted octanol–water partition coefficient (Wildman–Crippen LogP) is 2.99. The number of nitrogens with zero attached hydrogens (tertiary/aromatic N) is 1. The molecule has 6 nitrogen and oxygen atoms in total. The zero-order chi connectivity index (χ0) is 18.6. The van der Waals surface area contributed by atoms with E-state index < -0.39 is 0 Å². The van der Waals surface area contributed by atoms with Gasteiger partial charge in [-0.25, -0.2) is 4.79 Å². The van der Waals surface area contributed by atoms with Crippen molar-refractivity contribution in [3.63, 3.8) is 0 Å².